The Balaban J connectivity index is 2.82. The number of nitrogens with zero attached hydrogens (tertiary/aromatic N) is 1. The molecule has 1 rings (SSSR count). The quantitative estimate of drug-likeness (QED) is 0.333. The molecule has 0 atom stereocenters. The Kier molecular flexibility index (Phi) is 5.33. The molecule has 0 bridgehead atoms. The molecule has 0 aliphatic heterocycles. The molecule has 1 aromatic carbocycles. The van der Waals surface area contributed by atoms with Crippen molar-refractivity contribution in [3.8, 4) is 0 Å². The first-order valence-corrected chi connectivity index (χ1v) is 6.54. The molecule has 0 fully saturated rings. The number of benzene rings is 1. The van der Waals surface area contributed by atoms with Gasteiger partial charge in [-0.25, -0.2) is 0 Å². The van der Waals surface area contributed by atoms with Gasteiger partial charge in [-0.3, -0.25) is 0 Å². The number of alkyl halides is 3. The van der Waals surface area contributed by atoms with Gasteiger partial charge in [0.2, 0.25) is 0 Å². The lowest BCUT2D eigenvalue weighted by molar-refractivity contribution is -0.136. The first kappa shape index (κ1) is 17.4. The Bertz CT molecular complexity index is 530. The largest absolute Gasteiger partial charge is 0.418 e. The Hall–Kier alpha value is -1.63. The van der Waals surface area contributed by atoms with Gasteiger partial charge in [0.15, 0.2) is 0 Å². The molecule has 21 heavy (non-hydrogen) atoms. The van der Waals surface area contributed by atoms with Crippen molar-refractivity contribution >= 4 is 23.1 Å². The number of amidine groups is 1. The monoisotopic (exact) mass is 323 g/mol. The molecule has 0 aromatic heterocycles. The molecule has 4 nitrogen and oxygen atoms in total. The number of anilines is 1. The highest BCUT2D eigenvalue weighted by Gasteiger charge is 2.34. The van der Waals surface area contributed by atoms with E-state index >= 15 is 0 Å². The summed E-state index contributed by atoms with van der Waals surface area (Å²) in [6.07, 6.45) is -4.10. The summed E-state index contributed by atoms with van der Waals surface area (Å²) < 4.78 is 38.7. The fourth-order valence-electron chi connectivity index (χ4n) is 1.68. The van der Waals surface area contributed by atoms with Crippen molar-refractivity contribution in [2.75, 3.05) is 11.9 Å². The van der Waals surface area contributed by atoms with Crippen LogP contribution in [0.4, 0.5) is 18.9 Å². The molecule has 0 unspecified atom stereocenters. The minimum atomic E-state index is -4.49. The molecule has 0 saturated heterocycles. The zero-order valence-electron chi connectivity index (χ0n) is 11.6. The summed E-state index contributed by atoms with van der Waals surface area (Å²) in [5.74, 6) is 0.0245. The molecule has 0 spiro atoms. The Morgan fingerprint density at radius 1 is 1.38 bits per heavy atom. The summed E-state index contributed by atoms with van der Waals surface area (Å²) >= 11 is 5.60. The van der Waals surface area contributed by atoms with Crippen LogP contribution in [0.15, 0.2) is 23.4 Å². The lowest BCUT2D eigenvalue weighted by Gasteiger charge is -2.23. The van der Waals surface area contributed by atoms with Crippen molar-refractivity contribution in [2.24, 2.45) is 16.3 Å². The van der Waals surface area contributed by atoms with E-state index < -0.39 is 17.2 Å². The van der Waals surface area contributed by atoms with Gasteiger partial charge in [-0.15, -0.1) is 0 Å². The third kappa shape index (κ3) is 4.70. The maximum Gasteiger partial charge on any atom is 0.418 e. The summed E-state index contributed by atoms with van der Waals surface area (Å²) in [5.41, 5.74) is 4.02. The number of halogens is 4. The first-order valence-electron chi connectivity index (χ1n) is 6.16. The summed E-state index contributed by atoms with van der Waals surface area (Å²) in [5, 5.41) is 14.3. The average Bonchev–Trinajstić information content (AvgIpc) is 2.38. The zero-order chi connectivity index (χ0) is 16.3. The van der Waals surface area contributed by atoms with Gasteiger partial charge < -0.3 is 16.3 Å². The second-order valence-electron chi connectivity index (χ2n) is 5.23. The van der Waals surface area contributed by atoms with Crippen LogP contribution < -0.4 is 11.1 Å². The highest BCUT2D eigenvalue weighted by molar-refractivity contribution is 6.30. The van der Waals surface area contributed by atoms with Gasteiger partial charge in [0, 0.05) is 22.7 Å². The molecule has 0 saturated carbocycles. The summed E-state index contributed by atoms with van der Waals surface area (Å²) in [4.78, 5) is 0. The van der Waals surface area contributed by atoms with E-state index in [1.165, 1.54) is 12.1 Å². The van der Waals surface area contributed by atoms with Crippen LogP contribution in [0.3, 0.4) is 0 Å². The highest BCUT2D eigenvalue weighted by atomic mass is 35.5. The van der Waals surface area contributed by atoms with Crippen molar-refractivity contribution in [3.05, 3.63) is 28.8 Å². The smallest absolute Gasteiger partial charge is 0.409 e. The Morgan fingerprint density at radius 2 is 2.00 bits per heavy atom. The Labute approximate surface area is 125 Å². The minimum Gasteiger partial charge on any atom is -0.409 e. The molecular weight excluding hydrogens is 307 g/mol. The Morgan fingerprint density at radius 3 is 2.52 bits per heavy atom. The third-order valence-corrected chi connectivity index (χ3v) is 3.39. The van der Waals surface area contributed by atoms with Gasteiger partial charge in [0.1, 0.15) is 5.84 Å². The van der Waals surface area contributed by atoms with Crippen LogP contribution in [-0.2, 0) is 6.18 Å². The number of hydrogen-bond acceptors (Lipinski definition) is 3. The van der Waals surface area contributed by atoms with Gasteiger partial charge >= 0.3 is 6.18 Å². The van der Waals surface area contributed by atoms with Crippen molar-refractivity contribution < 1.29 is 18.4 Å². The topological polar surface area (TPSA) is 70.6 Å². The number of hydrogen-bond donors (Lipinski definition) is 3. The second-order valence-corrected chi connectivity index (χ2v) is 5.67. The summed E-state index contributed by atoms with van der Waals surface area (Å²) in [6.45, 7) is 3.69. The lowest BCUT2D eigenvalue weighted by atomic mass is 9.88. The third-order valence-electron chi connectivity index (χ3n) is 3.15. The van der Waals surface area contributed by atoms with E-state index in [4.69, 9.17) is 22.5 Å². The molecule has 118 valence electrons. The van der Waals surface area contributed by atoms with Crippen LogP contribution in [0, 0.1) is 5.41 Å². The van der Waals surface area contributed by atoms with E-state index in [2.05, 4.69) is 10.5 Å². The summed E-state index contributed by atoms with van der Waals surface area (Å²) in [6, 6.07) is 3.54. The molecule has 8 heteroatoms. The van der Waals surface area contributed by atoms with Gasteiger partial charge in [0.25, 0.3) is 0 Å². The molecule has 0 aliphatic rings. The predicted molar refractivity (Wildman–Crippen MR) is 76.8 cm³/mol. The van der Waals surface area contributed by atoms with Crippen LogP contribution in [0.5, 0.6) is 0 Å². The number of nitrogens with two attached hydrogens (primary N) is 1. The molecule has 0 heterocycles. The van der Waals surface area contributed by atoms with E-state index in [1.807, 2.05) is 0 Å². The van der Waals surface area contributed by atoms with Crippen molar-refractivity contribution in [2.45, 2.75) is 26.4 Å². The fraction of sp³-hybridized carbons (Fsp3) is 0.462. The van der Waals surface area contributed by atoms with Gasteiger partial charge in [-0.1, -0.05) is 30.6 Å². The average molecular weight is 324 g/mol. The van der Waals surface area contributed by atoms with E-state index in [-0.39, 0.29) is 23.1 Å². The number of nitrogens with one attached hydrogen (secondary N) is 1. The molecular formula is C13H17ClF3N3O. The van der Waals surface area contributed by atoms with Crippen LogP contribution >= 0.6 is 11.6 Å². The van der Waals surface area contributed by atoms with Crippen molar-refractivity contribution in [1.82, 2.24) is 0 Å². The number of oxime groups is 1. The highest BCUT2D eigenvalue weighted by Crippen LogP contribution is 2.36. The maximum atomic E-state index is 12.9. The second kappa shape index (κ2) is 6.43. The first-order chi connectivity index (χ1) is 9.58. The van der Waals surface area contributed by atoms with Crippen LogP contribution in [0.25, 0.3) is 0 Å². The molecule has 0 amide bonds. The van der Waals surface area contributed by atoms with Crippen LogP contribution in [0.2, 0.25) is 5.02 Å². The zero-order valence-corrected chi connectivity index (χ0v) is 12.4. The maximum absolute atomic E-state index is 12.9. The normalized spacial score (nSPS) is 13.3. The van der Waals surface area contributed by atoms with E-state index in [0.717, 1.165) is 6.07 Å². The fourth-order valence-corrected chi connectivity index (χ4v) is 1.85. The molecule has 0 radical (unpaired) electrons. The van der Waals surface area contributed by atoms with Gasteiger partial charge in [0.05, 0.1) is 5.56 Å². The van der Waals surface area contributed by atoms with Gasteiger partial charge in [-0.2, -0.15) is 13.2 Å². The standard InChI is InChI=1S/C13H17ClF3N3O/c1-12(2,11(18)20-21)5-6-19-10-4-3-8(14)7-9(10)13(15,16)17/h3-4,7,19,21H,5-6H2,1-2H3,(H2,18,20). The molecule has 4 N–H and O–H groups in total. The van der Waals surface area contributed by atoms with E-state index in [9.17, 15) is 13.2 Å². The van der Waals surface area contributed by atoms with Crippen LogP contribution in [-0.4, -0.2) is 17.6 Å². The minimum absolute atomic E-state index is 0.0184. The SMILES string of the molecule is CC(C)(CCNc1ccc(Cl)cc1C(F)(F)F)C(N)=NO. The summed E-state index contributed by atoms with van der Waals surface area (Å²) in [7, 11) is 0. The van der Waals surface area contributed by atoms with Crippen molar-refractivity contribution in [3.63, 3.8) is 0 Å². The predicted octanol–water partition coefficient (Wildman–Crippen LogP) is 3.93. The van der Waals surface area contributed by atoms with Gasteiger partial charge in [-0.05, 0) is 24.6 Å². The van der Waals surface area contributed by atoms with E-state index in [0.29, 0.717) is 6.42 Å². The van der Waals surface area contributed by atoms with E-state index in [1.54, 1.807) is 13.8 Å². The molecule has 1 aromatic rings. The molecule has 0 aliphatic carbocycles. The number of rotatable bonds is 5. The van der Waals surface area contributed by atoms with Crippen LogP contribution in [0.1, 0.15) is 25.8 Å². The van der Waals surface area contributed by atoms with Crippen molar-refractivity contribution in [1.29, 1.82) is 0 Å². The lowest BCUT2D eigenvalue weighted by Crippen LogP contribution is -2.33.